The number of hydrogen-bond acceptors (Lipinski definition) is 2. The van der Waals surface area contributed by atoms with Crippen molar-refractivity contribution in [2.75, 3.05) is 0 Å². The van der Waals surface area contributed by atoms with Crippen LogP contribution in [0.25, 0.3) is 44.6 Å². The highest BCUT2D eigenvalue weighted by atomic mass is 14.9. The lowest BCUT2D eigenvalue weighted by atomic mass is 10.1. The summed E-state index contributed by atoms with van der Waals surface area (Å²) in [5, 5.41) is 2.37. The molecule has 3 N–H and O–H groups in total. The van der Waals surface area contributed by atoms with E-state index in [2.05, 4.69) is 61.3 Å². The Morgan fingerprint density at radius 2 is 1.17 bits per heavy atom. The van der Waals surface area contributed by atoms with E-state index in [1.165, 1.54) is 10.8 Å². The van der Waals surface area contributed by atoms with Gasteiger partial charge in [-0.2, -0.15) is 0 Å². The molecule has 0 aliphatic carbocycles. The molecular weight excluding hydrogens is 286 g/mol. The van der Waals surface area contributed by atoms with Crippen LogP contribution in [-0.2, 0) is 0 Å². The molecule has 5 aromatic rings. The normalized spacial score (nSPS) is 11.5. The fourth-order valence-electron chi connectivity index (χ4n) is 3.04. The monoisotopic (exact) mass is 299 g/mol. The molecule has 5 rings (SSSR count). The summed E-state index contributed by atoms with van der Waals surface area (Å²) in [7, 11) is 0. The molecule has 23 heavy (non-hydrogen) atoms. The summed E-state index contributed by atoms with van der Waals surface area (Å²) in [4.78, 5) is 18.4. The lowest BCUT2D eigenvalue weighted by Gasteiger charge is -1.99. The molecule has 0 aliphatic rings. The largest absolute Gasteiger partial charge is 0.355 e. The first kappa shape index (κ1) is 12.2. The number of fused-ring (bicyclic) bond motifs is 3. The van der Waals surface area contributed by atoms with Gasteiger partial charge in [0, 0.05) is 57.7 Å². The summed E-state index contributed by atoms with van der Waals surface area (Å²) < 4.78 is 0. The quantitative estimate of drug-likeness (QED) is 0.459. The van der Waals surface area contributed by atoms with E-state index in [0.717, 1.165) is 33.8 Å². The first-order chi connectivity index (χ1) is 11.4. The van der Waals surface area contributed by atoms with Gasteiger partial charge >= 0.3 is 0 Å². The molecule has 0 unspecified atom stereocenters. The van der Waals surface area contributed by atoms with E-state index in [-0.39, 0.29) is 0 Å². The van der Waals surface area contributed by atoms with Crippen LogP contribution in [0.3, 0.4) is 0 Å². The Hall–Kier alpha value is -3.34. The van der Waals surface area contributed by atoms with Crippen molar-refractivity contribution in [2.45, 2.75) is 0 Å². The lowest BCUT2D eigenvalue weighted by molar-refractivity contribution is 1.31. The number of hydrogen-bond donors (Lipinski definition) is 3. The molecule has 2 aromatic carbocycles. The summed E-state index contributed by atoms with van der Waals surface area (Å²) in [6.07, 6.45) is 7.21. The minimum Gasteiger partial charge on any atom is -0.355 e. The van der Waals surface area contributed by atoms with Gasteiger partial charge in [-0.05, 0) is 36.4 Å². The summed E-state index contributed by atoms with van der Waals surface area (Å²) in [5.74, 6) is 1.76. The Kier molecular flexibility index (Phi) is 2.43. The van der Waals surface area contributed by atoms with Gasteiger partial charge in [-0.15, -0.1) is 0 Å². The maximum Gasteiger partial charge on any atom is 0.137 e. The van der Waals surface area contributed by atoms with Crippen LogP contribution in [0.1, 0.15) is 0 Å². The maximum atomic E-state index is 4.34. The van der Waals surface area contributed by atoms with Crippen molar-refractivity contribution in [3.63, 3.8) is 0 Å². The molecule has 5 nitrogen and oxygen atoms in total. The second kappa shape index (κ2) is 4.58. The van der Waals surface area contributed by atoms with E-state index in [4.69, 9.17) is 0 Å². The molecule has 0 fully saturated rings. The van der Waals surface area contributed by atoms with Crippen LogP contribution >= 0.6 is 0 Å². The predicted octanol–water partition coefficient (Wildman–Crippen LogP) is 4.10. The third kappa shape index (κ3) is 1.87. The number of aromatic amines is 3. The first-order valence-electron chi connectivity index (χ1n) is 7.43. The van der Waals surface area contributed by atoms with Gasteiger partial charge in [-0.25, -0.2) is 9.97 Å². The van der Waals surface area contributed by atoms with Crippen LogP contribution in [0.4, 0.5) is 0 Å². The summed E-state index contributed by atoms with van der Waals surface area (Å²) in [5.41, 5.74) is 4.39. The highest BCUT2D eigenvalue weighted by Crippen LogP contribution is 2.31. The second-order valence-corrected chi connectivity index (χ2v) is 5.52. The van der Waals surface area contributed by atoms with Gasteiger partial charge in [0.25, 0.3) is 0 Å². The molecule has 3 heterocycles. The van der Waals surface area contributed by atoms with Crippen LogP contribution < -0.4 is 0 Å². The molecular formula is C18H13N5. The van der Waals surface area contributed by atoms with Crippen molar-refractivity contribution in [1.29, 1.82) is 0 Å². The van der Waals surface area contributed by atoms with Crippen molar-refractivity contribution in [2.24, 2.45) is 0 Å². The van der Waals surface area contributed by atoms with Crippen molar-refractivity contribution in [3.8, 4) is 22.8 Å². The van der Waals surface area contributed by atoms with E-state index in [9.17, 15) is 0 Å². The zero-order valence-corrected chi connectivity index (χ0v) is 12.2. The van der Waals surface area contributed by atoms with Crippen LogP contribution in [-0.4, -0.2) is 24.9 Å². The fourth-order valence-corrected chi connectivity index (χ4v) is 3.04. The van der Waals surface area contributed by atoms with Crippen LogP contribution in [0.5, 0.6) is 0 Å². The molecule has 0 amide bonds. The number of nitrogens with zero attached hydrogens (tertiary/aromatic N) is 2. The number of benzene rings is 2. The molecule has 110 valence electrons. The minimum atomic E-state index is 0.878. The van der Waals surface area contributed by atoms with Gasteiger partial charge in [0.1, 0.15) is 11.6 Å². The van der Waals surface area contributed by atoms with Gasteiger partial charge in [-0.3, -0.25) is 0 Å². The summed E-state index contributed by atoms with van der Waals surface area (Å²) in [6.45, 7) is 0. The average molecular weight is 299 g/mol. The smallest absolute Gasteiger partial charge is 0.137 e. The zero-order valence-electron chi connectivity index (χ0n) is 12.2. The Balaban J connectivity index is 1.77. The van der Waals surface area contributed by atoms with Gasteiger partial charge in [-0.1, -0.05) is 0 Å². The molecule has 5 heteroatoms. The van der Waals surface area contributed by atoms with Gasteiger partial charge < -0.3 is 15.0 Å². The Labute approximate surface area is 131 Å². The van der Waals surface area contributed by atoms with E-state index in [1.54, 1.807) is 12.4 Å². The zero-order chi connectivity index (χ0) is 15.2. The topological polar surface area (TPSA) is 73.2 Å². The lowest BCUT2D eigenvalue weighted by Crippen LogP contribution is -1.81. The molecule has 0 saturated carbocycles. The highest BCUT2D eigenvalue weighted by Gasteiger charge is 2.09. The van der Waals surface area contributed by atoms with Crippen LogP contribution in [0.15, 0.2) is 61.2 Å². The third-order valence-electron chi connectivity index (χ3n) is 4.14. The van der Waals surface area contributed by atoms with E-state index in [1.807, 2.05) is 12.4 Å². The van der Waals surface area contributed by atoms with E-state index < -0.39 is 0 Å². The fraction of sp³-hybridized carbons (Fsp3) is 0. The second-order valence-electron chi connectivity index (χ2n) is 5.52. The summed E-state index contributed by atoms with van der Waals surface area (Å²) >= 11 is 0. The van der Waals surface area contributed by atoms with Gasteiger partial charge in [0.15, 0.2) is 0 Å². The Bertz CT molecular complexity index is 1010. The highest BCUT2D eigenvalue weighted by molar-refractivity contribution is 6.09. The third-order valence-corrected chi connectivity index (χ3v) is 4.14. The minimum absolute atomic E-state index is 0.878. The Morgan fingerprint density at radius 3 is 1.61 bits per heavy atom. The number of nitrogens with one attached hydrogen (secondary N) is 3. The molecule has 0 radical (unpaired) electrons. The van der Waals surface area contributed by atoms with Crippen LogP contribution in [0.2, 0.25) is 0 Å². The molecule has 0 bridgehead atoms. The Morgan fingerprint density at radius 1 is 0.652 bits per heavy atom. The van der Waals surface area contributed by atoms with Gasteiger partial charge in [0.2, 0.25) is 0 Å². The number of H-pyrrole nitrogens is 3. The van der Waals surface area contributed by atoms with Crippen LogP contribution in [0, 0.1) is 0 Å². The number of aromatic nitrogens is 5. The molecule has 0 aliphatic heterocycles. The van der Waals surface area contributed by atoms with Crippen molar-refractivity contribution < 1.29 is 0 Å². The van der Waals surface area contributed by atoms with Gasteiger partial charge in [0.05, 0.1) is 0 Å². The predicted molar refractivity (Wildman–Crippen MR) is 91.0 cm³/mol. The van der Waals surface area contributed by atoms with Crippen molar-refractivity contribution >= 4 is 21.8 Å². The molecule has 0 saturated heterocycles. The SMILES string of the molecule is c1c[nH]c(-c2ccc3[nH]c4ccc(-c5ncc[nH]5)cc4c3c2)n1. The summed E-state index contributed by atoms with van der Waals surface area (Å²) in [6, 6.07) is 12.7. The first-order valence-corrected chi connectivity index (χ1v) is 7.43. The number of rotatable bonds is 2. The maximum absolute atomic E-state index is 4.34. The number of imidazole rings is 2. The van der Waals surface area contributed by atoms with E-state index in [0.29, 0.717) is 0 Å². The van der Waals surface area contributed by atoms with Crippen molar-refractivity contribution in [3.05, 3.63) is 61.2 Å². The molecule has 0 atom stereocenters. The average Bonchev–Trinajstić information content (AvgIpc) is 3.33. The molecule has 0 spiro atoms. The molecule has 3 aromatic heterocycles. The van der Waals surface area contributed by atoms with Crippen molar-refractivity contribution in [1.82, 2.24) is 24.9 Å². The standard InChI is InChI=1S/C18H13N5/c1-3-15-13(9-11(1)17-19-5-6-20-17)14-10-12(2-4-16(14)23-15)18-21-7-8-22-18/h1-10,23H,(H,19,20)(H,21,22). The van der Waals surface area contributed by atoms with E-state index >= 15 is 0 Å².